The van der Waals surface area contributed by atoms with Gasteiger partial charge in [0.05, 0.1) is 16.4 Å². The Labute approximate surface area is 173 Å². The lowest BCUT2D eigenvalue weighted by Crippen LogP contribution is -2.42. The Morgan fingerprint density at radius 3 is 2.31 bits per heavy atom. The number of carbonyl (C=O) groups is 2. The first-order valence-corrected chi connectivity index (χ1v) is 9.91. The molecule has 2 amide bonds. The van der Waals surface area contributed by atoms with Crippen LogP contribution in [0.25, 0.3) is 16.9 Å². The molecule has 1 aliphatic heterocycles. The smallest absolute Gasteiger partial charge is 0.272 e. The van der Waals surface area contributed by atoms with Crippen LogP contribution < -0.4 is 5.73 Å². The van der Waals surface area contributed by atoms with Crippen molar-refractivity contribution >= 4 is 23.4 Å². The molecule has 0 saturated carbocycles. The third-order valence-corrected chi connectivity index (χ3v) is 5.58. The molecule has 1 aromatic heterocycles. The van der Waals surface area contributed by atoms with E-state index in [-0.39, 0.29) is 17.7 Å². The maximum Gasteiger partial charge on any atom is 0.272 e. The molecular formula is C22H21ClN4O2. The van der Waals surface area contributed by atoms with Crippen molar-refractivity contribution in [2.75, 3.05) is 13.1 Å². The molecule has 29 heavy (non-hydrogen) atoms. The Morgan fingerprint density at radius 1 is 1.00 bits per heavy atom. The van der Waals surface area contributed by atoms with Gasteiger partial charge in [-0.2, -0.15) is 5.10 Å². The number of amides is 2. The van der Waals surface area contributed by atoms with Crippen LogP contribution in [0.15, 0.2) is 60.7 Å². The van der Waals surface area contributed by atoms with Crippen molar-refractivity contribution in [3.63, 3.8) is 0 Å². The molecule has 7 heteroatoms. The second-order valence-corrected chi connectivity index (χ2v) is 7.52. The highest BCUT2D eigenvalue weighted by Gasteiger charge is 2.29. The maximum absolute atomic E-state index is 13.3. The molecular weight excluding hydrogens is 388 g/mol. The first kappa shape index (κ1) is 19.2. The summed E-state index contributed by atoms with van der Waals surface area (Å²) in [6.07, 6.45) is 1.15. The number of hydrogen-bond donors (Lipinski definition) is 1. The Morgan fingerprint density at radius 2 is 1.66 bits per heavy atom. The summed E-state index contributed by atoms with van der Waals surface area (Å²) in [6, 6.07) is 18.8. The summed E-state index contributed by atoms with van der Waals surface area (Å²) >= 11 is 6.39. The summed E-state index contributed by atoms with van der Waals surface area (Å²) in [5, 5.41) is 5.19. The quantitative estimate of drug-likeness (QED) is 0.717. The number of primary amides is 1. The summed E-state index contributed by atoms with van der Waals surface area (Å²) in [5.74, 6) is -0.612. The van der Waals surface area contributed by atoms with Crippen LogP contribution in [-0.2, 0) is 4.79 Å². The number of benzene rings is 2. The summed E-state index contributed by atoms with van der Waals surface area (Å²) in [6.45, 7) is 0.974. The average molecular weight is 409 g/mol. The highest BCUT2D eigenvalue weighted by molar-refractivity contribution is 6.32. The standard InChI is InChI=1S/C22H21ClN4O2/c23-17-8-4-5-9-19(17)27-20(14-18(25-27)15-6-2-1-3-7-15)22(29)26-12-10-16(11-13-26)21(24)28/h1-9,14,16H,10-13H2,(H2,24,28). The van der Waals surface area contributed by atoms with Crippen molar-refractivity contribution in [2.45, 2.75) is 12.8 Å². The minimum absolute atomic E-state index is 0.137. The van der Waals surface area contributed by atoms with Crippen molar-refractivity contribution in [1.82, 2.24) is 14.7 Å². The van der Waals surface area contributed by atoms with E-state index >= 15 is 0 Å². The summed E-state index contributed by atoms with van der Waals surface area (Å²) in [5.41, 5.74) is 8.11. The molecule has 1 aliphatic rings. The largest absolute Gasteiger partial charge is 0.369 e. The van der Waals surface area contributed by atoms with Gasteiger partial charge in [-0.25, -0.2) is 4.68 Å². The predicted molar refractivity (Wildman–Crippen MR) is 112 cm³/mol. The van der Waals surface area contributed by atoms with E-state index in [9.17, 15) is 9.59 Å². The van der Waals surface area contributed by atoms with E-state index in [1.807, 2.05) is 48.5 Å². The van der Waals surface area contributed by atoms with E-state index in [1.54, 1.807) is 21.7 Å². The average Bonchev–Trinajstić information content (AvgIpc) is 3.19. The number of likely N-dealkylation sites (tertiary alicyclic amines) is 1. The van der Waals surface area contributed by atoms with Crippen molar-refractivity contribution < 1.29 is 9.59 Å². The van der Waals surface area contributed by atoms with E-state index in [4.69, 9.17) is 17.3 Å². The number of nitrogens with two attached hydrogens (primary N) is 1. The minimum atomic E-state index is -0.301. The molecule has 2 heterocycles. The van der Waals surface area contributed by atoms with Crippen LogP contribution in [0, 0.1) is 5.92 Å². The number of nitrogens with zero attached hydrogens (tertiary/aromatic N) is 3. The topological polar surface area (TPSA) is 81.2 Å². The number of hydrogen-bond acceptors (Lipinski definition) is 3. The van der Waals surface area contributed by atoms with Crippen molar-refractivity contribution in [2.24, 2.45) is 11.7 Å². The van der Waals surface area contributed by atoms with Crippen LogP contribution in [0.5, 0.6) is 0 Å². The third kappa shape index (κ3) is 3.89. The van der Waals surface area contributed by atoms with Gasteiger partial charge in [0.15, 0.2) is 0 Å². The molecule has 0 aliphatic carbocycles. The summed E-state index contributed by atoms with van der Waals surface area (Å²) < 4.78 is 1.60. The van der Waals surface area contributed by atoms with Crippen molar-refractivity contribution in [3.05, 3.63) is 71.4 Å². The fourth-order valence-electron chi connectivity index (χ4n) is 3.62. The molecule has 0 atom stereocenters. The highest BCUT2D eigenvalue weighted by atomic mass is 35.5. The van der Waals surface area contributed by atoms with Gasteiger partial charge in [-0.1, -0.05) is 54.1 Å². The third-order valence-electron chi connectivity index (χ3n) is 5.26. The molecule has 1 saturated heterocycles. The highest BCUT2D eigenvalue weighted by Crippen LogP contribution is 2.27. The molecule has 0 unspecified atom stereocenters. The first-order valence-electron chi connectivity index (χ1n) is 9.53. The maximum atomic E-state index is 13.3. The van der Waals surface area contributed by atoms with Crippen molar-refractivity contribution in [3.8, 4) is 16.9 Å². The van der Waals surface area contributed by atoms with Gasteiger partial charge >= 0.3 is 0 Å². The van der Waals surface area contributed by atoms with E-state index in [0.717, 1.165) is 5.56 Å². The van der Waals surface area contributed by atoms with Gasteiger partial charge in [-0.3, -0.25) is 9.59 Å². The monoisotopic (exact) mass is 408 g/mol. The molecule has 3 aromatic rings. The molecule has 0 radical (unpaired) electrons. The van der Waals surface area contributed by atoms with Gasteiger partial charge in [-0.15, -0.1) is 0 Å². The lowest BCUT2D eigenvalue weighted by molar-refractivity contribution is -0.123. The second-order valence-electron chi connectivity index (χ2n) is 7.11. The summed E-state index contributed by atoms with van der Waals surface area (Å²) in [4.78, 5) is 26.5. The predicted octanol–water partition coefficient (Wildman–Crippen LogP) is 3.53. The molecule has 0 spiro atoms. The van der Waals surface area contributed by atoms with E-state index < -0.39 is 0 Å². The van der Waals surface area contributed by atoms with Gasteiger partial charge in [-0.05, 0) is 31.0 Å². The molecule has 0 bridgehead atoms. The zero-order chi connectivity index (χ0) is 20.4. The molecule has 4 rings (SSSR count). The molecule has 6 nitrogen and oxygen atoms in total. The van der Waals surface area contributed by atoms with E-state index in [1.165, 1.54) is 0 Å². The Hall–Kier alpha value is -3.12. The molecule has 148 valence electrons. The number of para-hydroxylation sites is 1. The lowest BCUT2D eigenvalue weighted by Gasteiger charge is -2.30. The minimum Gasteiger partial charge on any atom is -0.369 e. The SMILES string of the molecule is NC(=O)C1CCN(C(=O)c2cc(-c3ccccc3)nn2-c2ccccc2Cl)CC1. The van der Waals surface area contributed by atoms with Crippen LogP contribution in [0.2, 0.25) is 5.02 Å². The number of piperidine rings is 1. The van der Waals surface area contributed by atoms with Crippen LogP contribution in [0.1, 0.15) is 23.3 Å². The van der Waals surface area contributed by atoms with Gasteiger partial charge in [0.25, 0.3) is 5.91 Å². The Balaban J connectivity index is 1.72. The van der Waals surface area contributed by atoms with Gasteiger partial charge < -0.3 is 10.6 Å². The zero-order valence-corrected chi connectivity index (χ0v) is 16.5. The van der Waals surface area contributed by atoms with Crippen LogP contribution >= 0.6 is 11.6 Å². The molecule has 2 aromatic carbocycles. The van der Waals surface area contributed by atoms with Crippen LogP contribution in [-0.4, -0.2) is 39.6 Å². The zero-order valence-electron chi connectivity index (χ0n) is 15.8. The number of halogens is 1. The summed E-state index contributed by atoms with van der Waals surface area (Å²) in [7, 11) is 0. The van der Waals surface area contributed by atoms with Gasteiger partial charge in [0.2, 0.25) is 5.91 Å². The first-order chi connectivity index (χ1) is 14.0. The Bertz CT molecular complexity index is 1040. The fourth-order valence-corrected chi connectivity index (χ4v) is 3.84. The van der Waals surface area contributed by atoms with Gasteiger partial charge in [0.1, 0.15) is 5.69 Å². The van der Waals surface area contributed by atoms with E-state index in [0.29, 0.717) is 48.0 Å². The second kappa shape index (κ2) is 8.09. The van der Waals surface area contributed by atoms with Crippen LogP contribution in [0.4, 0.5) is 0 Å². The van der Waals surface area contributed by atoms with Crippen LogP contribution in [0.3, 0.4) is 0 Å². The fraction of sp³-hybridized carbons (Fsp3) is 0.227. The number of carbonyl (C=O) groups excluding carboxylic acids is 2. The lowest BCUT2D eigenvalue weighted by atomic mass is 9.96. The number of aromatic nitrogens is 2. The molecule has 1 fully saturated rings. The number of rotatable bonds is 4. The van der Waals surface area contributed by atoms with E-state index in [2.05, 4.69) is 5.10 Å². The normalized spacial score (nSPS) is 14.7. The van der Waals surface area contributed by atoms with Crippen molar-refractivity contribution in [1.29, 1.82) is 0 Å². The van der Waals surface area contributed by atoms with Gasteiger partial charge in [0, 0.05) is 24.6 Å². The Kier molecular flexibility index (Phi) is 5.36. The molecule has 2 N–H and O–H groups in total.